The van der Waals surface area contributed by atoms with E-state index in [1.807, 2.05) is 0 Å². The first-order chi connectivity index (χ1) is 9.12. The molecule has 2 aromatic rings. The SMILES string of the molecule is COc1cccc(S(=O)(=O)CCSc2nncs2)c1. The van der Waals surface area contributed by atoms with Crippen molar-refractivity contribution in [2.45, 2.75) is 9.24 Å². The van der Waals surface area contributed by atoms with E-state index < -0.39 is 9.84 Å². The lowest BCUT2D eigenvalue weighted by Crippen LogP contribution is -2.09. The number of rotatable bonds is 6. The fourth-order valence-electron chi connectivity index (χ4n) is 1.38. The van der Waals surface area contributed by atoms with Crippen LogP contribution in [-0.2, 0) is 9.84 Å². The second kappa shape index (κ2) is 6.36. The largest absolute Gasteiger partial charge is 0.497 e. The van der Waals surface area contributed by atoms with Crippen LogP contribution in [0.4, 0.5) is 0 Å². The van der Waals surface area contributed by atoms with E-state index in [1.165, 1.54) is 36.3 Å². The number of ether oxygens (including phenoxy) is 1. The molecule has 2 rings (SSSR count). The maximum atomic E-state index is 12.1. The second-order valence-electron chi connectivity index (χ2n) is 3.55. The zero-order chi connectivity index (χ0) is 13.7. The summed E-state index contributed by atoms with van der Waals surface area (Å²) in [5.41, 5.74) is 1.62. The molecule has 0 radical (unpaired) electrons. The monoisotopic (exact) mass is 316 g/mol. The van der Waals surface area contributed by atoms with Gasteiger partial charge in [-0.15, -0.1) is 10.2 Å². The molecule has 19 heavy (non-hydrogen) atoms. The molecular formula is C11H12N2O3S3. The third-order valence-corrected chi connectivity index (χ3v) is 6.15. The Labute approximate surface area is 119 Å². The zero-order valence-electron chi connectivity index (χ0n) is 10.1. The standard InChI is InChI=1S/C11H12N2O3S3/c1-16-9-3-2-4-10(7-9)19(14,15)6-5-17-11-13-12-8-18-11/h2-4,7-8H,5-6H2,1H3. The summed E-state index contributed by atoms with van der Waals surface area (Å²) in [5, 5.41) is 7.55. The van der Waals surface area contributed by atoms with Gasteiger partial charge in [0.1, 0.15) is 11.3 Å². The molecule has 102 valence electrons. The summed E-state index contributed by atoms with van der Waals surface area (Å²) >= 11 is 2.79. The summed E-state index contributed by atoms with van der Waals surface area (Å²) < 4.78 is 30.1. The highest BCUT2D eigenvalue weighted by molar-refractivity contribution is 8.02. The van der Waals surface area contributed by atoms with E-state index in [-0.39, 0.29) is 10.6 Å². The molecule has 0 fully saturated rings. The number of nitrogens with zero attached hydrogens (tertiary/aromatic N) is 2. The van der Waals surface area contributed by atoms with Crippen molar-refractivity contribution >= 4 is 32.9 Å². The van der Waals surface area contributed by atoms with Crippen LogP contribution in [0.25, 0.3) is 0 Å². The van der Waals surface area contributed by atoms with Crippen molar-refractivity contribution in [3.63, 3.8) is 0 Å². The van der Waals surface area contributed by atoms with Crippen LogP contribution in [0.3, 0.4) is 0 Å². The first-order valence-electron chi connectivity index (χ1n) is 5.37. The summed E-state index contributed by atoms with van der Waals surface area (Å²) in [6.07, 6.45) is 0. The lowest BCUT2D eigenvalue weighted by molar-refractivity contribution is 0.413. The smallest absolute Gasteiger partial charge is 0.179 e. The Hall–Kier alpha value is -1.12. The minimum absolute atomic E-state index is 0.0599. The van der Waals surface area contributed by atoms with Crippen molar-refractivity contribution in [1.82, 2.24) is 10.2 Å². The fourth-order valence-corrected chi connectivity index (χ4v) is 4.61. The molecule has 0 unspecified atom stereocenters. The summed E-state index contributed by atoms with van der Waals surface area (Å²) in [6.45, 7) is 0. The normalized spacial score (nSPS) is 11.4. The third-order valence-electron chi connectivity index (χ3n) is 2.32. The predicted molar refractivity (Wildman–Crippen MR) is 75.7 cm³/mol. The van der Waals surface area contributed by atoms with E-state index in [0.29, 0.717) is 11.5 Å². The number of methoxy groups -OCH3 is 1. The minimum Gasteiger partial charge on any atom is -0.497 e. The molecule has 1 aromatic carbocycles. The van der Waals surface area contributed by atoms with Gasteiger partial charge in [-0.2, -0.15) is 0 Å². The molecule has 0 saturated heterocycles. The Balaban J connectivity index is 2.01. The maximum absolute atomic E-state index is 12.1. The van der Waals surface area contributed by atoms with Crippen LogP contribution in [0, 0.1) is 0 Å². The fraction of sp³-hybridized carbons (Fsp3) is 0.273. The quantitative estimate of drug-likeness (QED) is 0.760. The van der Waals surface area contributed by atoms with E-state index in [4.69, 9.17) is 4.74 Å². The molecule has 1 heterocycles. The number of benzene rings is 1. The Morgan fingerprint density at radius 3 is 2.95 bits per heavy atom. The van der Waals surface area contributed by atoms with Gasteiger partial charge in [-0.25, -0.2) is 8.42 Å². The van der Waals surface area contributed by atoms with Crippen molar-refractivity contribution in [1.29, 1.82) is 0 Å². The average molecular weight is 316 g/mol. The third kappa shape index (κ3) is 3.92. The molecule has 0 amide bonds. The Morgan fingerprint density at radius 2 is 2.26 bits per heavy atom. The van der Waals surface area contributed by atoms with Gasteiger partial charge < -0.3 is 4.74 Å². The molecule has 0 N–H and O–H groups in total. The Kier molecular flexibility index (Phi) is 4.78. The van der Waals surface area contributed by atoms with Crippen molar-refractivity contribution in [3.05, 3.63) is 29.8 Å². The molecule has 0 saturated carbocycles. The number of hydrogen-bond acceptors (Lipinski definition) is 7. The van der Waals surface area contributed by atoms with Gasteiger partial charge in [-0.1, -0.05) is 29.2 Å². The lowest BCUT2D eigenvalue weighted by atomic mass is 10.3. The van der Waals surface area contributed by atoms with Crippen molar-refractivity contribution in [2.24, 2.45) is 0 Å². The number of thioether (sulfide) groups is 1. The van der Waals surface area contributed by atoms with Gasteiger partial charge in [-0.05, 0) is 18.2 Å². The van der Waals surface area contributed by atoms with E-state index in [2.05, 4.69) is 10.2 Å². The van der Waals surface area contributed by atoms with Crippen LogP contribution in [-0.4, -0.2) is 37.2 Å². The van der Waals surface area contributed by atoms with Crippen LogP contribution in [0.5, 0.6) is 5.75 Å². The molecule has 0 aliphatic heterocycles. The van der Waals surface area contributed by atoms with Crippen molar-refractivity contribution in [3.8, 4) is 5.75 Å². The molecule has 0 aliphatic rings. The highest BCUT2D eigenvalue weighted by Crippen LogP contribution is 2.22. The van der Waals surface area contributed by atoms with Gasteiger partial charge in [0.2, 0.25) is 0 Å². The molecule has 1 aromatic heterocycles. The average Bonchev–Trinajstić information content (AvgIpc) is 2.92. The van der Waals surface area contributed by atoms with Crippen LogP contribution >= 0.6 is 23.1 Å². The van der Waals surface area contributed by atoms with E-state index in [9.17, 15) is 8.42 Å². The first kappa shape index (κ1) is 14.3. The van der Waals surface area contributed by atoms with E-state index >= 15 is 0 Å². The lowest BCUT2D eigenvalue weighted by Gasteiger charge is -2.05. The predicted octanol–water partition coefficient (Wildman–Crippen LogP) is 2.11. The van der Waals surface area contributed by atoms with Gasteiger partial charge in [0.25, 0.3) is 0 Å². The second-order valence-corrected chi connectivity index (χ2v) is 7.84. The van der Waals surface area contributed by atoms with Crippen molar-refractivity contribution < 1.29 is 13.2 Å². The van der Waals surface area contributed by atoms with Crippen LogP contribution in [0.1, 0.15) is 0 Å². The van der Waals surface area contributed by atoms with Gasteiger partial charge >= 0.3 is 0 Å². The summed E-state index contributed by atoms with van der Waals surface area (Å²) in [6, 6.07) is 6.50. The molecule has 0 bridgehead atoms. The molecular weight excluding hydrogens is 304 g/mol. The van der Waals surface area contributed by atoms with E-state index in [1.54, 1.807) is 23.7 Å². The molecule has 0 atom stereocenters. The number of aromatic nitrogens is 2. The van der Waals surface area contributed by atoms with Crippen molar-refractivity contribution in [2.75, 3.05) is 18.6 Å². The van der Waals surface area contributed by atoms with Gasteiger partial charge in [0.15, 0.2) is 14.2 Å². The van der Waals surface area contributed by atoms with Crippen LogP contribution in [0.15, 0.2) is 39.0 Å². The Morgan fingerprint density at radius 1 is 1.42 bits per heavy atom. The maximum Gasteiger partial charge on any atom is 0.179 e. The van der Waals surface area contributed by atoms with Crippen LogP contribution < -0.4 is 4.74 Å². The molecule has 0 aliphatic carbocycles. The zero-order valence-corrected chi connectivity index (χ0v) is 12.6. The molecule has 0 spiro atoms. The number of hydrogen-bond donors (Lipinski definition) is 0. The van der Waals surface area contributed by atoms with Gasteiger partial charge in [-0.3, -0.25) is 0 Å². The highest BCUT2D eigenvalue weighted by atomic mass is 32.2. The summed E-state index contributed by atoms with van der Waals surface area (Å²) in [4.78, 5) is 0.282. The topological polar surface area (TPSA) is 69.2 Å². The molecule has 5 nitrogen and oxygen atoms in total. The van der Waals surface area contributed by atoms with Gasteiger partial charge in [0.05, 0.1) is 17.8 Å². The van der Waals surface area contributed by atoms with E-state index in [0.717, 1.165) is 4.34 Å². The summed E-state index contributed by atoms with van der Waals surface area (Å²) in [5.74, 6) is 1.05. The Bertz CT molecular complexity index is 626. The van der Waals surface area contributed by atoms with Crippen LogP contribution in [0.2, 0.25) is 0 Å². The molecule has 8 heteroatoms. The first-order valence-corrected chi connectivity index (χ1v) is 8.89. The van der Waals surface area contributed by atoms with Gasteiger partial charge in [0, 0.05) is 5.75 Å². The minimum atomic E-state index is -3.29. The highest BCUT2D eigenvalue weighted by Gasteiger charge is 2.15. The number of sulfone groups is 1. The summed E-state index contributed by atoms with van der Waals surface area (Å²) in [7, 11) is -1.78.